The molecular weight excluding hydrogens is 256 g/mol. The number of methoxy groups -OCH3 is 1. The zero-order valence-corrected chi connectivity index (χ0v) is 12.9. The Morgan fingerprint density at radius 3 is 2.60 bits per heavy atom. The highest BCUT2D eigenvalue weighted by atomic mass is 16.5. The number of hydrogen-bond donors (Lipinski definition) is 1. The molecular formula is C15H24N2O3. The highest BCUT2D eigenvalue weighted by molar-refractivity contribution is 5.97. The van der Waals surface area contributed by atoms with Gasteiger partial charge in [-0.15, -0.1) is 0 Å². The van der Waals surface area contributed by atoms with Gasteiger partial charge in [0.05, 0.1) is 18.5 Å². The summed E-state index contributed by atoms with van der Waals surface area (Å²) >= 11 is 0. The van der Waals surface area contributed by atoms with Crippen LogP contribution in [0.3, 0.4) is 0 Å². The highest BCUT2D eigenvalue weighted by Crippen LogP contribution is 2.22. The van der Waals surface area contributed by atoms with E-state index in [-0.39, 0.29) is 5.91 Å². The average Bonchev–Trinajstić information content (AvgIpc) is 2.46. The van der Waals surface area contributed by atoms with Crippen LogP contribution in [-0.2, 0) is 9.53 Å². The van der Waals surface area contributed by atoms with Gasteiger partial charge in [-0.2, -0.15) is 0 Å². The van der Waals surface area contributed by atoms with E-state index < -0.39 is 5.60 Å². The lowest BCUT2D eigenvalue weighted by Crippen LogP contribution is -2.42. The summed E-state index contributed by atoms with van der Waals surface area (Å²) < 4.78 is 10.7. The Hall–Kier alpha value is -1.62. The van der Waals surface area contributed by atoms with Crippen LogP contribution in [0.4, 0.5) is 5.69 Å². The minimum Gasteiger partial charge on any atom is -0.481 e. The molecule has 0 aliphatic rings. The van der Waals surface area contributed by atoms with Gasteiger partial charge in [0.25, 0.3) is 5.91 Å². The number of carbonyl (C=O) groups is 1. The molecule has 1 rings (SSSR count). The second kappa shape index (κ2) is 7.24. The molecule has 112 valence electrons. The molecule has 0 saturated carbocycles. The summed E-state index contributed by atoms with van der Waals surface area (Å²) in [4.78, 5) is 16.6. The molecule has 0 bridgehead atoms. The molecule has 0 fully saturated rings. The van der Waals surface area contributed by atoms with Crippen molar-refractivity contribution in [1.82, 2.24) is 4.98 Å². The quantitative estimate of drug-likeness (QED) is 0.834. The molecule has 1 N–H and O–H groups in total. The van der Waals surface area contributed by atoms with Crippen LogP contribution in [0.2, 0.25) is 0 Å². The van der Waals surface area contributed by atoms with Gasteiger partial charge in [0.15, 0.2) is 0 Å². The number of rotatable bonds is 7. The zero-order chi connectivity index (χ0) is 15.2. The van der Waals surface area contributed by atoms with E-state index in [0.717, 1.165) is 6.42 Å². The second-order valence-electron chi connectivity index (χ2n) is 4.87. The predicted octanol–water partition coefficient (Wildman–Crippen LogP) is 2.93. The van der Waals surface area contributed by atoms with Crippen molar-refractivity contribution in [3.05, 3.63) is 17.8 Å². The molecule has 20 heavy (non-hydrogen) atoms. The van der Waals surface area contributed by atoms with Crippen LogP contribution < -0.4 is 10.1 Å². The number of pyridine rings is 1. The number of nitrogens with zero attached hydrogens (tertiary/aromatic N) is 1. The third kappa shape index (κ3) is 3.93. The van der Waals surface area contributed by atoms with Crippen LogP contribution in [0, 0.1) is 6.92 Å². The van der Waals surface area contributed by atoms with Gasteiger partial charge >= 0.3 is 0 Å². The summed E-state index contributed by atoms with van der Waals surface area (Å²) in [7, 11) is 1.56. The molecule has 5 heteroatoms. The molecule has 1 heterocycles. The van der Waals surface area contributed by atoms with E-state index >= 15 is 0 Å². The zero-order valence-electron chi connectivity index (χ0n) is 12.9. The Bertz CT molecular complexity index is 462. The monoisotopic (exact) mass is 280 g/mol. The van der Waals surface area contributed by atoms with Gasteiger partial charge in [0, 0.05) is 12.7 Å². The van der Waals surface area contributed by atoms with Crippen molar-refractivity contribution in [3.63, 3.8) is 0 Å². The minimum absolute atomic E-state index is 0.150. The Morgan fingerprint density at radius 1 is 1.40 bits per heavy atom. The van der Waals surface area contributed by atoms with E-state index in [0.29, 0.717) is 30.3 Å². The molecule has 0 saturated heterocycles. The van der Waals surface area contributed by atoms with Crippen molar-refractivity contribution >= 4 is 11.6 Å². The summed E-state index contributed by atoms with van der Waals surface area (Å²) in [6.07, 6.45) is 1.49. The molecule has 0 aliphatic heterocycles. The van der Waals surface area contributed by atoms with E-state index in [4.69, 9.17) is 9.47 Å². The van der Waals surface area contributed by atoms with Crippen LogP contribution in [0.15, 0.2) is 12.1 Å². The van der Waals surface area contributed by atoms with Crippen molar-refractivity contribution in [2.24, 2.45) is 0 Å². The van der Waals surface area contributed by atoms with Gasteiger partial charge < -0.3 is 14.8 Å². The van der Waals surface area contributed by atoms with Crippen molar-refractivity contribution < 1.29 is 14.3 Å². The first-order chi connectivity index (χ1) is 9.46. The number of hydrogen-bond acceptors (Lipinski definition) is 4. The molecule has 1 amide bonds. The molecule has 0 unspecified atom stereocenters. The molecule has 1 aromatic rings. The maximum Gasteiger partial charge on any atom is 0.256 e. The number of aromatic nitrogens is 1. The molecule has 0 spiro atoms. The Kier molecular flexibility index (Phi) is 5.95. The van der Waals surface area contributed by atoms with Gasteiger partial charge in [-0.3, -0.25) is 4.79 Å². The normalized spacial score (nSPS) is 13.7. The maximum absolute atomic E-state index is 12.4. The lowest BCUT2D eigenvalue weighted by molar-refractivity contribution is -0.139. The van der Waals surface area contributed by atoms with Crippen molar-refractivity contribution in [2.45, 2.75) is 46.1 Å². The SMILES string of the molecule is CCCO[C@](C)(CC)C(=O)Nc1ccc(OC)nc1C. The minimum atomic E-state index is -0.817. The van der Waals surface area contributed by atoms with Crippen molar-refractivity contribution in [1.29, 1.82) is 0 Å². The molecule has 1 aromatic heterocycles. The number of aryl methyl sites for hydroxylation is 1. The van der Waals surface area contributed by atoms with Gasteiger partial charge in [-0.05, 0) is 32.8 Å². The molecule has 5 nitrogen and oxygen atoms in total. The maximum atomic E-state index is 12.4. The van der Waals surface area contributed by atoms with E-state index in [9.17, 15) is 4.79 Å². The van der Waals surface area contributed by atoms with Gasteiger partial charge in [-0.25, -0.2) is 4.98 Å². The van der Waals surface area contributed by atoms with Crippen LogP contribution >= 0.6 is 0 Å². The first-order valence-electron chi connectivity index (χ1n) is 6.93. The molecule has 0 aromatic carbocycles. The fourth-order valence-electron chi connectivity index (χ4n) is 1.69. The third-order valence-corrected chi connectivity index (χ3v) is 3.30. The summed E-state index contributed by atoms with van der Waals surface area (Å²) in [5, 5.41) is 2.88. The fourth-order valence-corrected chi connectivity index (χ4v) is 1.69. The van der Waals surface area contributed by atoms with Crippen LogP contribution in [-0.4, -0.2) is 30.2 Å². The highest BCUT2D eigenvalue weighted by Gasteiger charge is 2.32. The Morgan fingerprint density at radius 2 is 2.10 bits per heavy atom. The van der Waals surface area contributed by atoms with Crippen molar-refractivity contribution in [2.75, 3.05) is 19.0 Å². The van der Waals surface area contributed by atoms with E-state index in [1.54, 1.807) is 19.2 Å². The first kappa shape index (κ1) is 16.4. The Balaban J connectivity index is 2.83. The lowest BCUT2D eigenvalue weighted by Gasteiger charge is -2.27. The van der Waals surface area contributed by atoms with Gasteiger partial charge in [0.2, 0.25) is 5.88 Å². The predicted molar refractivity (Wildman–Crippen MR) is 79.1 cm³/mol. The number of amides is 1. The number of carbonyl (C=O) groups excluding carboxylic acids is 1. The largest absolute Gasteiger partial charge is 0.481 e. The first-order valence-corrected chi connectivity index (χ1v) is 6.93. The molecule has 0 radical (unpaired) electrons. The average molecular weight is 280 g/mol. The third-order valence-electron chi connectivity index (χ3n) is 3.30. The van der Waals surface area contributed by atoms with E-state index in [1.165, 1.54) is 0 Å². The van der Waals surface area contributed by atoms with E-state index in [2.05, 4.69) is 10.3 Å². The molecule has 1 atom stereocenters. The summed E-state index contributed by atoms with van der Waals surface area (Å²) in [5.74, 6) is 0.379. The van der Waals surface area contributed by atoms with E-state index in [1.807, 2.05) is 27.7 Å². The second-order valence-corrected chi connectivity index (χ2v) is 4.87. The standard InChI is InChI=1S/C15H24N2O3/c1-6-10-20-15(4,7-2)14(18)17-12-8-9-13(19-5)16-11(12)3/h8-9H,6-7,10H2,1-5H3,(H,17,18)/t15-/m1/s1. The lowest BCUT2D eigenvalue weighted by atomic mass is 10.0. The Labute approximate surface area is 120 Å². The summed E-state index contributed by atoms with van der Waals surface area (Å²) in [5.41, 5.74) is 0.574. The van der Waals surface area contributed by atoms with Crippen LogP contribution in [0.1, 0.15) is 39.3 Å². The smallest absolute Gasteiger partial charge is 0.256 e. The topological polar surface area (TPSA) is 60.5 Å². The van der Waals surface area contributed by atoms with Crippen molar-refractivity contribution in [3.8, 4) is 5.88 Å². The summed E-state index contributed by atoms with van der Waals surface area (Å²) in [6.45, 7) is 8.16. The number of anilines is 1. The molecule has 0 aliphatic carbocycles. The number of ether oxygens (including phenoxy) is 2. The fraction of sp³-hybridized carbons (Fsp3) is 0.600. The van der Waals surface area contributed by atoms with Crippen LogP contribution in [0.5, 0.6) is 5.88 Å². The summed E-state index contributed by atoms with van der Waals surface area (Å²) in [6, 6.07) is 3.51. The van der Waals surface area contributed by atoms with Gasteiger partial charge in [-0.1, -0.05) is 13.8 Å². The number of nitrogens with one attached hydrogen (secondary N) is 1. The van der Waals surface area contributed by atoms with Gasteiger partial charge in [0.1, 0.15) is 5.60 Å². The van der Waals surface area contributed by atoms with Crippen LogP contribution in [0.25, 0.3) is 0 Å².